The van der Waals surface area contributed by atoms with E-state index in [0.717, 1.165) is 42.4 Å². The first-order chi connectivity index (χ1) is 13.5. The normalized spacial score (nSPS) is 17.2. The Labute approximate surface area is 166 Å². The zero-order chi connectivity index (χ0) is 19.7. The maximum Gasteiger partial charge on any atom is 0.225 e. The van der Waals surface area contributed by atoms with Gasteiger partial charge < -0.3 is 4.90 Å². The van der Waals surface area contributed by atoms with Crippen LogP contribution in [0.4, 0.5) is 5.95 Å². The zero-order valence-electron chi connectivity index (χ0n) is 17.1. The maximum atomic E-state index is 5.00. The molecule has 0 aliphatic carbocycles. The molecule has 3 heterocycles. The van der Waals surface area contributed by atoms with E-state index in [1.54, 1.807) is 0 Å². The molecule has 0 amide bonds. The fourth-order valence-electron chi connectivity index (χ4n) is 4.04. The zero-order valence-corrected chi connectivity index (χ0v) is 17.1. The van der Waals surface area contributed by atoms with Crippen molar-refractivity contribution < 1.29 is 0 Å². The van der Waals surface area contributed by atoms with Crippen molar-refractivity contribution in [2.45, 2.75) is 32.4 Å². The van der Waals surface area contributed by atoms with Gasteiger partial charge in [0.25, 0.3) is 0 Å². The summed E-state index contributed by atoms with van der Waals surface area (Å²) in [4.78, 5) is 14.1. The van der Waals surface area contributed by atoms with Gasteiger partial charge in [0, 0.05) is 51.2 Å². The Kier molecular flexibility index (Phi) is 5.13. The number of aryl methyl sites for hydroxylation is 2. The quantitative estimate of drug-likeness (QED) is 0.681. The molecule has 1 aliphatic heterocycles. The van der Waals surface area contributed by atoms with Crippen molar-refractivity contribution >= 4 is 5.95 Å². The number of rotatable bonds is 5. The van der Waals surface area contributed by atoms with Gasteiger partial charge in [-0.1, -0.05) is 30.3 Å². The highest BCUT2D eigenvalue weighted by atomic mass is 15.3. The minimum Gasteiger partial charge on any atom is -0.347 e. The lowest BCUT2D eigenvalue weighted by atomic mass is 9.99. The lowest BCUT2D eigenvalue weighted by molar-refractivity contribution is 0.244. The molecule has 0 unspecified atom stereocenters. The molecule has 0 bridgehead atoms. The van der Waals surface area contributed by atoms with E-state index in [2.05, 4.69) is 52.4 Å². The maximum absolute atomic E-state index is 5.00. The van der Waals surface area contributed by atoms with Gasteiger partial charge in [-0.05, 0) is 31.9 Å². The lowest BCUT2D eigenvalue weighted by Crippen LogP contribution is -2.25. The van der Waals surface area contributed by atoms with Crippen LogP contribution in [0.25, 0.3) is 11.1 Å². The van der Waals surface area contributed by atoms with Crippen LogP contribution in [0.15, 0.2) is 42.7 Å². The summed E-state index contributed by atoms with van der Waals surface area (Å²) in [5.41, 5.74) is 5.83. The highest BCUT2D eigenvalue weighted by Gasteiger charge is 2.30. The fourth-order valence-corrected chi connectivity index (χ4v) is 4.04. The molecule has 1 aliphatic rings. The third-order valence-electron chi connectivity index (χ3n) is 5.46. The van der Waals surface area contributed by atoms with Crippen LogP contribution in [0, 0.1) is 6.92 Å². The number of likely N-dealkylation sites (tertiary alicyclic amines) is 1. The number of aromatic nitrogens is 4. The van der Waals surface area contributed by atoms with E-state index in [1.165, 1.54) is 17.5 Å². The van der Waals surface area contributed by atoms with Crippen molar-refractivity contribution in [3.8, 4) is 11.1 Å². The Bertz CT molecular complexity index is 947. The molecular formula is C22H28N6. The Morgan fingerprint density at radius 2 is 1.96 bits per heavy atom. The minimum atomic E-state index is 0.288. The van der Waals surface area contributed by atoms with E-state index in [-0.39, 0.29) is 6.04 Å². The third kappa shape index (κ3) is 3.64. The molecule has 0 spiro atoms. The first-order valence-corrected chi connectivity index (χ1v) is 9.86. The molecular weight excluding hydrogens is 348 g/mol. The molecule has 1 fully saturated rings. The summed E-state index contributed by atoms with van der Waals surface area (Å²) < 4.78 is 1.90. The molecule has 1 aromatic carbocycles. The molecule has 1 atom stereocenters. The summed E-state index contributed by atoms with van der Waals surface area (Å²) in [6.45, 7) is 4.07. The Hall–Kier alpha value is -2.73. The predicted octanol–water partition coefficient (Wildman–Crippen LogP) is 3.59. The third-order valence-corrected chi connectivity index (χ3v) is 5.46. The second kappa shape index (κ2) is 7.72. The molecule has 28 heavy (non-hydrogen) atoms. The standard InChI is InChI=1S/C22H28N6/c1-16-18(14-27(4)25-16)15-28-12-8-11-20(28)21-19(17-9-6-5-7-10-17)13-23-22(24-21)26(2)3/h5-7,9-10,13-14,20H,8,11-12,15H2,1-4H3/t20-/m0/s1. The van der Waals surface area contributed by atoms with Crippen molar-refractivity contribution in [3.63, 3.8) is 0 Å². The van der Waals surface area contributed by atoms with Crippen LogP contribution in [-0.4, -0.2) is 45.3 Å². The molecule has 3 aromatic rings. The van der Waals surface area contributed by atoms with E-state index in [1.807, 2.05) is 43.0 Å². The summed E-state index contributed by atoms with van der Waals surface area (Å²) in [6, 6.07) is 10.8. The van der Waals surface area contributed by atoms with Crippen LogP contribution in [0.3, 0.4) is 0 Å². The van der Waals surface area contributed by atoms with Crippen LogP contribution in [-0.2, 0) is 13.6 Å². The lowest BCUT2D eigenvalue weighted by Gasteiger charge is -2.26. The predicted molar refractivity (Wildman–Crippen MR) is 112 cm³/mol. The first kappa shape index (κ1) is 18.6. The second-order valence-corrected chi connectivity index (χ2v) is 7.77. The molecule has 4 rings (SSSR count). The molecule has 2 aromatic heterocycles. The Morgan fingerprint density at radius 3 is 2.64 bits per heavy atom. The second-order valence-electron chi connectivity index (χ2n) is 7.77. The number of hydrogen-bond donors (Lipinski definition) is 0. The molecule has 0 N–H and O–H groups in total. The highest BCUT2D eigenvalue weighted by Crippen LogP contribution is 2.38. The summed E-state index contributed by atoms with van der Waals surface area (Å²) in [5.74, 6) is 0.763. The van der Waals surface area contributed by atoms with Crippen LogP contribution < -0.4 is 4.90 Å². The molecule has 1 saturated heterocycles. The topological polar surface area (TPSA) is 50.1 Å². The summed E-state index contributed by atoms with van der Waals surface area (Å²) in [5, 5.41) is 4.51. The van der Waals surface area contributed by atoms with Crippen molar-refractivity contribution in [1.82, 2.24) is 24.6 Å². The van der Waals surface area contributed by atoms with Crippen molar-refractivity contribution in [2.75, 3.05) is 25.5 Å². The van der Waals surface area contributed by atoms with Gasteiger partial charge in [0.1, 0.15) is 0 Å². The number of nitrogens with zero attached hydrogens (tertiary/aromatic N) is 6. The van der Waals surface area contributed by atoms with Gasteiger partial charge in [-0.15, -0.1) is 0 Å². The molecule has 0 radical (unpaired) electrons. The van der Waals surface area contributed by atoms with Crippen molar-refractivity contribution in [3.05, 3.63) is 59.7 Å². The van der Waals surface area contributed by atoms with Crippen LogP contribution in [0.1, 0.15) is 35.8 Å². The van der Waals surface area contributed by atoms with Gasteiger partial charge in [0.2, 0.25) is 5.95 Å². The molecule has 0 saturated carbocycles. The number of benzene rings is 1. The molecule has 146 valence electrons. The Morgan fingerprint density at radius 1 is 1.18 bits per heavy atom. The van der Waals surface area contributed by atoms with Crippen LogP contribution in [0.2, 0.25) is 0 Å². The largest absolute Gasteiger partial charge is 0.347 e. The fraction of sp³-hybridized carbons (Fsp3) is 0.409. The average molecular weight is 377 g/mol. The van der Waals surface area contributed by atoms with Crippen LogP contribution in [0.5, 0.6) is 0 Å². The molecule has 6 heteroatoms. The van der Waals surface area contributed by atoms with Gasteiger partial charge in [-0.25, -0.2) is 9.97 Å². The smallest absolute Gasteiger partial charge is 0.225 e. The van der Waals surface area contributed by atoms with Gasteiger partial charge in [0.05, 0.1) is 17.4 Å². The summed E-state index contributed by atoms with van der Waals surface area (Å²) >= 11 is 0. The van der Waals surface area contributed by atoms with Gasteiger partial charge in [-0.3, -0.25) is 9.58 Å². The van der Waals surface area contributed by atoms with Crippen molar-refractivity contribution in [2.24, 2.45) is 7.05 Å². The first-order valence-electron chi connectivity index (χ1n) is 9.86. The van der Waals surface area contributed by atoms with Gasteiger partial charge in [-0.2, -0.15) is 5.10 Å². The number of anilines is 1. The van der Waals surface area contributed by atoms with E-state index in [9.17, 15) is 0 Å². The minimum absolute atomic E-state index is 0.288. The number of hydrogen-bond acceptors (Lipinski definition) is 5. The van der Waals surface area contributed by atoms with Gasteiger partial charge >= 0.3 is 0 Å². The van der Waals surface area contributed by atoms with E-state index in [4.69, 9.17) is 4.98 Å². The van der Waals surface area contributed by atoms with Crippen LogP contribution >= 0.6 is 0 Å². The summed E-state index contributed by atoms with van der Waals surface area (Å²) in [7, 11) is 5.97. The van der Waals surface area contributed by atoms with E-state index in [0.29, 0.717) is 0 Å². The monoisotopic (exact) mass is 376 g/mol. The van der Waals surface area contributed by atoms with Gasteiger partial charge in [0.15, 0.2) is 0 Å². The summed E-state index contributed by atoms with van der Waals surface area (Å²) in [6.07, 6.45) is 6.41. The highest BCUT2D eigenvalue weighted by molar-refractivity contribution is 5.66. The van der Waals surface area contributed by atoms with E-state index < -0.39 is 0 Å². The SMILES string of the molecule is Cc1nn(C)cc1CN1CCC[C@H]1c1nc(N(C)C)ncc1-c1ccccc1. The average Bonchev–Trinajstić information content (AvgIpc) is 3.28. The Balaban J connectivity index is 1.73. The molecule has 6 nitrogen and oxygen atoms in total. The van der Waals surface area contributed by atoms with Crippen molar-refractivity contribution in [1.29, 1.82) is 0 Å². The van der Waals surface area contributed by atoms with E-state index >= 15 is 0 Å².